The number of aromatic nitrogens is 2. The number of ether oxygens (including phenoxy) is 2. The molecule has 0 aliphatic rings. The van der Waals surface area contributed by atoms with Gasteiger partial charge in [-0.25, -0.2) is 9.78 Å². The van der Waals surface area contributed by atoms with Gasteiger partial charge in [0.2, 0.25) is 0 Å². The number of fused-ring (bicyclic) bond motifs is 1. The van der Waals surface area contributed by atoms with Crippen molar-refractivity contribution in [3.63, 3.8) is 0 Å². The Balaban J connectivity index is 1.81. The van der Waals surface area contributed by atoms with Crippen LogP contribution in [0.1, 0.15) is 11.1 Å². The van der Waals surface area contributed by atoms with E-state index in [1.807, 2.05) is 0 Å². The lowest BCUT2D eigenvalue weighted by atomic mass is 10.1. The maximum absolute atomic E-state index is 13.3. The molecule has 4 rings (SSSR count). The molecule has 4 aromatic rings. The number of nitro groups is 1. The summed E-state index contributed by atoms with van der Waals surface area (Å²) in [6.07, 6.45) is -3.51. The molecule has 0 saturated heterocycles. The zero-order valence-electron chi connectivity index (χ0n) is 19.5. The summed E-state index contributed by atoms with van der Waals surface area (Å²) in [5.41, 5.74) is -1.69. The van der Waals surface area contributed by atoms with Crippen molar-refractivity contribution in [2.45, 2.75) is 6.18 Å². The molecule has 0 atom stereocenters. The number of halogens is 3. The fourth-order valence-electron chi connectivity index (χ4n) is 3.45. The van der Waals surface area contributed by atoms with Crippen LogP contribution in [-0.2, 0) is 15.7 Å². The van der Waals surface area contributed by atoms with Gasteiger partial charge in [0.05, 0.1) is 34.7 Å². The van der Waals surface area contributed by atoms with E-state index in [0.29, 0.717) is 0 Å². The van der Waals surface area contributed by atoms with Gasteiger partial charge < -0.3 is 9.47 Å². The molecule has 3 aromatic carbocycles. The van der Waals surface area contributed by atoms with Crippen molar-refractivity contribution in [3.8, 4) is 17.1 Å². The number of hydrogen-bond acceptors (Lipinski definition) is 8. The Bertz CT molecular complexity index is 1630. The van der Waals surface area contributed by atoms with E-state index in [4.69, 9.17) is 4.74 Å². The highest BCUT2D eigenvalue weighted by Gasteiger charge is 2.31. The maximum Gasteiger partial charge on any atom is 0.416 e. The molecule has 10 nitrogen and oxygen atoms in total. The second kappa shape index (κ2) is 10.5. The number of methoxy groups -OCH3 is 1. The second-order valence-corrected chi connectivity index (χ2v) is 7.74. The number of nitrogens with zero attached hydrogens (tertiary/aromatic N) is 4. The molecular formula is C25H17F3N4O6. The van der Waals surface area contributed by atoms with E-state index < -0.39 is 40.5 Å². The van der Waals surface area contributed by atoms with E-state index in [1.54, 1.807) is 12.1 Å². The molecule has 1 heterocycles. The quantitative estimate of drug-likeness (QED) is 0.151. The van der Waals surface area contributed by atoms with E-state index in [0.717, 1.165) is 36.2 Å². The van der Waals surface area contributed by atoms with Crippen LogP contribution < -0.4 is 10.3 Å². The maximum atomic E-state index is 13.3. The normalized spacial score (nSPS) is 11.6. The number of rotatable bonds is 7. The number of benzene rings is 3. The van der Waals surface area contributed by atoms with Crippen LogP contribution in [0.4, 0.5) is 18.9 Å². The molecule has 0 aliphatic heterocycles. The van der Waals surface area contributed by atoms with Crippen molar-refractivity contribution in [1.82, 2.24) is 9.66 Å². The highest BCUT2D eigenvalue weighted by molar-refractivity contribution is 5.83. The fourth-order valence-corrected chi connectivity index (χ4v) is 3.45. The Morgan fingerprint density at radius 1 is 1.13 bits per heavy atom. The molecule has 0 amide bonds. The standard InChI is InChI=1S/C25H17F3N4O6/c1-37-22(33)14-38-21-10-9-15(11-20(21)32(35)36)13-29-31-23(16-5-4-6-17(12-16)25(26,27)28)30-19-8-3-2-7-18(19)24(31)34/h2-13H,14H2,1H3. The Morgan fingerprint density at radius 3 is 2.61 bits per heavy atom. The molecule has 1 aromatic heterocycles. The average Bonchev–Trinajstić information content (AvgIpc) is 2.90. The third-order valence-electron chi connectivity index (χ3n) is 5.28. The summed E-state index contributed by atoms with van der Waals surface area (Å²) >= 11 is 0. The lowest BCUT2D eigenvalue weighted by Gasteiger charge is -2.12. The SMILES string of the molecule is COC(=O)COc1ccc(C=Nn2c(-c3cccc(C(F)(F)F)c3)nc3ccccc3c2=O)cc1[N+](=O)[O-]. The van der Waals surface area contributed by atoms with E-state index in [2.05, 4.69) is 14.8 Å². The minimum atomic E-state index is -4.63. The van der Waals surface area contributed by atoms with Gasteiger partial charge in [-0.15, -0.1) is 0 Å². The summed E-state index contributed by atoms with van der Waals surface area (Å²) in [6.45, 7) is -0.552. The van der Waals surface area contributed by atoms with Crippen molar-refractivity contribution in [2.24, 2.45) is 5.10 Å². The molecular weight excluding hydrogens is 509 g/mol. The Hall–Kier alpha value is -5.07. The van der Waals surface area contributed by atoms with Gasteiger partial charge in [-0.2, -0.15) is 22.9 Å². The molecule has 0 aliphatic carbocycles. The highest BCUT2D eigenvalue weighted by atomic mass is 19.4. The number of hydrogen-bond donors (Lipinski definition) is 0. The van der Waals surface area contributed by atoms with Crippen LogP contribution in [0.5, 0.6) is 5.75 Å². The van der Waals surface area contributed by atoms with Crippen LogP contribution in [0.15, 0.2) is 76.6 Å². The monoisotopic (exact) mass is 526 g/mol. The Morgan fingerprint density at radius 2 is 1.89 bits per heavy atom. The average molecular weight is 526 g/mol. The van der Waals surface area contributed by atoms with Crippen LogP contribution >= 0.6 is 0 Å². The first-order chi connectivity index (χ1) is 18.1. The number of esters is 1. The zero-order valence-corrected chi connectivity index (χ0v) is 19.5. The number of nitro benzene ring substituents is 1. The summed E-state index contributed by atoms with van der Waals surface area (Å²) in [6, 6.07) is 14.2. The van der Waals surface area contributed by atoms with Gasteiger partial charge in [0.1, 0.15) is 0 Å². The smallest absolute Gasteiger partial charge is 0.416 e. The second-order valence-electron chi connectivity index (χ2n) is 7.74. The topological polar surface area (TPSA) is 126 Å². The lowest BCUT2D eigenvalue weighted by Crippen LogP contribution is -2.20. The summed E-state index contributed by atoms with van der Waals surface area (Å²) in [7, 11) is 1.14. The largest absolute Gasteiger partial charge is 0.475 e. The molecule has 13 heteroatoms. The predicted octanol–water partition coefficient (Wildman–Crippen LogP) is 4.42. The van der Waals surface area contributed by atoms with Gasteiger partial charge in [-0.3, -0.25) is 14.9 Å². The molecule has 0 saturated carbocycles. The molecule has 0 N–H and O–H groups in total. The first kappa shape index (κ1) is 26.0. The minimum absolute atomic E-state index is 0.0163. The van der Waals surface area contributed by atoms with Crippen molar-refractivity contribution < 1.29 is 32.4 Å². The molecule has 0 unspecified atom stereocenters. The fraction of sp³-hybridized carbons (Fsp3) is 0.120. The van der Waals surface area contributed by atoms with Crippen molar-refractivity contribution in [1.29, 1.82) is 0 Å². The van der Waals surface area contributed by atoms with Crippen LogP contribution in [0, 0.1) is 10.1 Å². The van der Waals surface area contributed by atoms with Crippen LogP contribution in [0.3, 0.4) is 0 Å². The first-order valence-electron chi connectivity index (χ1n) is 10.8. The molecule has 0 bridgehead atoms. The lowest BCUT2D eigenvalue weighted by molar-refractivity contribution is -0.385. The van der Waals surface area contributed by atoms with Gasteiger partial charge in [0.15, 0.2) is 18.2 Å². The van der Waals surface area contributed by atoms with Crippen molar-refractivity contribution in [3.05, 3.63) is 98.3 Å². The minimum Gasteiger partial charge on any atom is -0.475 e. The number of para-hydroxylation sites is 1. The summed E-state index contributed by atoms with van der Waals surface area (Å²) < 4.78 is 50.4. The zero-order chi connectivity index (χ0) is 27.4. The molecule has 38 heavy (non-hydrogen) atoms. The van der Waals surface area contributed by atoms with Gasteiger partial charge in [0.25, 0.3) is 5.56 Å². The number of carbonyl (C=O) groups is 1. The van der Waals surface area contributed by atoms with Gasteiger partial charge in [-0.1, -0.05) is 24.3 Å². The van der Waals surface area contributed by atoms with Crippen molar-refractivity contribution in [2.75, 3.05) is 13.7 Å². The predicted molar refractivity (Wildman–Crippen MR) is 130 cm³/mol. The summed E-state index contributed by atoms with van der Waals surface area (Å²) in [5, 5.41) is 15.8. The molecule has 0 spiro atoms. The highest BCUT2D eigenvalue weighted by Crippen LogP contribution is 2.32. The van der Waals surface area contributed by atoms with Crippen LogP contribution in [0.25, 0.3) is 22.3 Å². The van der Waals surface area contributed by atoms with Gasteiger partial charge in [0, 0.05) is 17.2 Å². The summed E-state index contributed by atoms with van der Waals surface area (Å²) in [4.78, 5) is 39.7. The van der Waals surface area contributed by atoms with Crippen LogP contribution in [-0.4, -0.2) is 40.5 Å². The van der Waals surface area contributed by atoms with Crippen molar-refractivity contribution >= 4 is 28.8 Å². The van der Waals surface area contributed by atoms with E-state index in [1.165, 1.54) is 36.4 Å². The molecule has 0 fully saturated rings. The van der Waals surface area contributed by atoms with E-state index >= 15 is 0 Å². The Kier molecular flexibility index (Phi) is 7.19. The third kappa shape index (κ3) is 5.51. The summed E-state index contributed by atoms with van der Waals surface area (Å²) in [5.74, 6) is -1.11. The van der Waals surface area contributed by atoms with Crippen LogP contribution in [0.2, 0.25) is 0 Å². The van der Waals surface area contributed by atoms with E-state index in [-0.39, 0.29) is 33.6 Å². The molecule has 194 valence electrons. The molecule has 0 radical (unpaired) electrons. The van der Waals surface area contributed by atoms with E-state index in [9.17, 15) is 32.9 Å². The third-order valence-corrected chi connectivity index (χ3v) is 5.28. The number of carbonyl (C=O) groups excluding carboxylic acids is 1. The first-order valence-corrected chi connectivity index (χ1v) is 10.8. The number of alkyl halides is 3. The van der Waals surface area contributed by atoms with Gasteiger partial charge >= 0.3 is 17.8 Å². The van der Waals surface area contributed by atoms with Gasteiger partial charge in [-0.05, 0) is 36.4 Å². The Labute approximate surface area is 211 Å².